The lowest BCUT2D eigenvalue weighted by atomic mass is 9.96. The van der Waals surface area contributed by atoms with Gasteiger partial charge in [-0.25, -0.2) is 0 Å². The maximum atomic E-state index is 13.7. The monoisotopic (exact) mass is 439 g/mol. The maximum Gasteiger partial charge on any atom is 0.291 e. The van der Waals surface area contributed by atoms with Crippen LogP contribution in [0.2, 0.25) is 0 Å². The van der Waals surface area contributed by atoms with E-state index in [0.29, 0.717) is 23.1 Å². The molecular formula is C28H25NO4. The first-order valence-electron chi connectivity index (χ1n) is 11.0. The number of carbonyl (C=O) groups is 1. The Morgan fingerprint density at radius 3 is 2.27 bits per heavy atom. The summed E-state index contributed by atoms with van der Waals surface area (Å²) in [7, 11) is 1.62. The average molecular weight is 440 g/mol. The number of carbonyl (C=O) groups excluding carboxylic acids is 1. The largest absolute Gasteiger partial charge is 0.497 e. The molecule has 33 heavy (non-hydrogen) atoms. The van der Waals surface area contributed by atoms with Gasteiger partial charge in [0.15, 0.2) is 5.43 Å². The minimum atomic E-state index is -0.517. The van der Waals surface area contributed by atoms with Gasteiger partial charge < -0.3 is 14.1 Å². The second kappa shape index (κ2) is 7.93. The minimum Gasteiger partial charge on any atom is -0.497 e. The van der Waals surface area contributed by atoms with Crippen molar-refractivity contribution in [2.24, 2.45) is 0 Å². The van der Waals surface area contributed by atoms with Crippen molar-refractivity contribution >= 4 is 16.9 Å². The minimum absolute atomic E-state index is 0.138. The van der Waals surface area contributed by atoms with Crippen LogP contribution in [0.3, 0.4) is 0 Å². The Bertz CT molecular complexity index is 1430. The number of aryl methyl sites for hydroxylation is 3. The fourth-order valence-corrected chi connectivity index (χ4v) is 4.66. The molecule has 4 aromatic rings. The lowest BCUT2D eigenvalue weighted by Crippen LogP contribution is -2.29. The molecular weight excluding hydrogens is 414 g/mol. The van der Waals surface area contributed by atoms with Gasteiger partial charge in [-0.3, -0.25) is 9.59 Å². The van der Waals surface area contributed by atoms with Gasteiger partial charge in [0.1, 0.15) is 11.3 Å². The molecule has 166 valence electrons. The number of amides is 1. The summed E-state index contributed by atoms with van der Waals surface area (Å²) in [5, 5.41) is 0.516. The maximum absolute atomic E-state index is 13.7. The fraction of sp³-hybridized carbons (Fsp3) is 0.214. The molecule has 0 bridgehead atoms. The smallest absolute Gasteiger partial charge is 0.291 e. The predicted molar refractivity (Wildman–Crippen MR) is 128 cm³/mol. The first-order chi connectivity index (χ1) is 15.9. The van der Waals surface area contributed by atoms with E-state index in [2.05, 4.69) is 0 Å². The van der Waals surface area contributed by atoms with E-state index in [1.54, 1.807) is 12.0 Å². The van der Waals surface area contributed by atoms with Gasteiger partial charge in [0.25, 0.3) is 5.91 Å². The number of fused-ring (bicyclic) bond motifs is 2. The van der Waals surface area contributed by atoms with Crippen LogP contribution < -0.4 is 10.2 Å². The van der Waals surface area contributed by atoms with E-state index in [9.17, 15) is 9.59 Å². The Morgan fingerprint density at radius 1 is 0.909 bits per heavy atom. The van der Waals surface area contributed by atoms with Crippen LogP contribution in [0.4, 0.5) is 0 Å². The third kappa shape index (κ3) is 3.50. The van der Waals surface area contributed by atoms with E-state index in [-0.39, 0.29) is 17.1 Å². The van der Waals surface area contributed by atoms with Crippen LogP contribution in [0, 0.1) is 20.8 Å². The van der Waals surface area contributed by atoms with Crippen molar-refractivity contribution in [3.8, 4) is 5.75 Å². The van der Waals surface area contributed by atoms with Crippen molar-refractivity contribution in [3.05, 3.63) is 110 Å². The Kier molecular flexibility index (Phi) is 5.05. The summed E-state index contributed by atoms with van der Waals surface area (Å²) in [6, 6.07) is 18.9. The fourth-order valence-electron chi connectivity index (χ4n) is 4.66. The number of nitrogens with zero attached hydrogens (tertiary/aromatic N) is 1. The van der Waals surface area contributed by atoms with E-state index >= 15 is 0 Å². The van der Waals surface area contributed by atoms with Gasteiger partial charge in [0.2, 0.25) is 5.76 Å². The van der Waals surface area contributed by atoms with Crippen molar-refractivity contribution in [2.75, 3.05) is 7.11 Å². The summed E-state index contributed by atoms with van der Waals surface area (Å²) in [5.41, 5.74) is 5.52. The first kappa shape index (κ1) is 21.0. The summed E-state index contributed by atoms with van der Waals surface area (Å²) in [5.74, 6) is 0.614. The van der Waals surface area contributed by atoms with Crippen LogP contribution in [0.25, 0.3) is 11.0 Å². The second-order valence-corrected chi connectivity index (χ2v) is 8.73. The molecule has 5 rings (SSSR count). The summed E-state index contributed by atoms with van der Waals surface area (Å²) < 4.78 is 11.4. The van der Waals surface area contributed by atoms with E-state index in [1.165, 1.54) is 0 Å². The number of benzene rings is 3. The molecule has 1 amide bonds. The van der Waals surface area contributed by atoms with Crippen LogP contribution in [0.15, 0.2) is 69.9 Å². The normalized spacial score (nSPS) is 15.2. The van der Waals surface area contributed by atoms with Crippen LogP contribution in [0.5, 0.6) is 5.75 Å². The number of ether oxygens (including phenoxy) is 1. The standard InChI is InChI=1S/C28H25NO4/c1-16-5-9-20(10-6-16)24-23-25(30)22-14-17(2)13-18(3)26(22)33-27(23)28(31)29(24)15-19-7-11-21(32-4)12-8-19/h5-14,24H,15H2,1-4H3. The van der Waals surface area contributed by atoms with Crippen molar-refractivity contribution in [1.29, 1.82) is 0 Å². The number of hydrogen-bond donors (Lipinski definition) is 0. The molecule has 0 N–H and O–H groups in total. The molecule has 0 spiro atoms. The molecule has 1 unspecified atom stereocenters. The molecule has 3 aromatic carbocycles. The van der Waals surface area contributed by atoms with Crippen molar-refractivity contribution in [2.45, 2.75) is 33.4 Å². The Labute approximate surface area is 192 Å². The lowest BCUT2D eigenvalue weighted by molar-refractivity contribution is 0.0714. The third-order valence-electron chi connectivity index (χ3n) is 6.30. The molecule has 1 aliphatic heterocycles. The van der Waals surface area contributed by atoms with Gasteiger partial charge >= 0.3 is 0 Å². The molecule has 0 fully saturated rings. The van der Waals surface area contributed by atoms with Crippen molar-refractivity contribution < 1.29 is 13.9 Å². The van der Waals surface area contributed by atoms with Crippen molar-refractivity contribution in [3.63, 3.8) is 0 Å². The number of hydrogen-bond acceptors (Lipinski definition) is 4. The first-order valence-corrected chi connectivity index (χ1v) is 11.0. The van der Waals surface area contributed by atoms with E-state index in [4.69, 9.17) is 9.15 Å². The third-order valence-corrected chi connectivity index (χ3v) is 6.30. The van der Waals surface area contributed by atoms with Gasteiger partial charge in [-0.15, -0.1) is 0 Å². The van der Waals surface area contributed by atoms with Gasteiger partial charge in [-0.1, -0.05) is 48.0 Å². The summed E-state index contributed by atoms with van der Waals surface area (Å²) >= 11 is 0. The SMILES string of the molecule is COc1ccc(CN2C(=O)c3oc4c(C)cc(C)cc4c(=O)c3C2c2ccc(C)cc2)cc1. The molecule has 0 saturated heterocycles. The van der Waals surface area contributed by atoms with Crippen LogP contribution in [0.1, 0.15) is 50.0 Å². The highest BCUT2D eigenvalue weighted by molar-refractivity contribution is 5.99. The van der Waals surface area contributed by atoms with Gasteiger partial charge in [0.05, 0.1) is 24.1 Å². The average Bonchev–Trinajstić information content (AvgIpc) is 3.08. The highest BCUT2D eigenvalue weighted by atomic mass is 16.5. The molecule has 1 atom stereocenters. The Hall–Kier alpha value is -3.86. The zero-order chi connectivity index (χ0) is 23.3. The van der Waals surface area contributed by atoms with Crippen LogP contribution >= 0.6 is 0 Å². The second-order valence-electron chi connectivity index (χ2n) is 8.73. The molecule has 0 saturated carbocycles. The topological polar surface area (TPSA) is 59.8 Å². The molecule has 1 aromatic heterocycles. The summed E-state index contributed by atoms with van der Waals surface area (Å²) in [4.78, 5) is 29.1. The molecule has 5 heteroatoms. The Balaban J connectivity index is 1.71. The molecule has 5 nitrogen and oxygen atoms in total. The Morgan fingerprint density at radius 2 is 1.61 bits per heavy atom. The van der Waals surface area contributed by atoms with E-state index in [0.717, 1.165) is 33.6 Å². The molecule has 1 aliphatic rings. The quantitative estimate of drug-likeness (QED) is 0.423. The van der Waals surface area contributed by atoms with Gasteiger partial charge in [-0.05, 0) is 61.2 Å². The zero-order valence-electron chi connectivity index (χ0n) is 19.1. The molecule has 0 radical (unpaired) electrons. The number of methoxy groups -OCH3 is 1. The highest BCUT2D eigenvalue weighted by Gasteiger charge is 2.42. The van der Waals surface area contributed by atoms with Gasteiger partial charge in [0, 0.05) is 6.54 Å². The molecule has 0 aliphatic carbocycles. The summed E-state index contributed by atoms with van der Waals surface area (Å²) in [6.07, 6.45) is 0. The van der Waals surface area contributed by atoms with Crippen LogP contribution in [-0.4, -0.2) is 17.9 Å². The predicted octanol–water partition coefficient (Wildman–Crippen LogP) is 5.47. The summed E-state index contributed by atoms with van der Waals surface area (Å²) in [6.45, 7) is 6.22. The van der Waals surface area contributed by atoms with Crippen LogP contribution in [-0.2, 0) is 6.54 Å². The van der Waals surface area contributed by atoms with E-state index < -0.39 is 6.04 Å². The zero-order valence-corrected chi connectivity index (χ0v) is 19.1. The number of rotatable bonds is 4. The van der Waals surface area contributed by atoms with E-state index in [1.807, 2.05) is 81.4 Å². The highest BCUT2D eigenvalue weighted by Crippen LogP contribution is 2.39. The lowest BCUT2D eigenvalue weighted by Gasteiger charge is -2.25. The molecule has 2 heterocycles. The van der Waals surface area contributed by atoms with Crippen molar-refractivity contribution in [1.82, 2.24) is 4.90 Å². The van der Waals surface area contributed by atoms with Gasteiger partial charge in [-0.2, -0.15) is 0 Å².